The van der Waals surface area contributed by atoms with Crippen molar-refractivity contribution >= 4 is 0 Å². The summed E-state index contributed by atoms with van der Waals surface area (Å²) in [6.07, 6.45) is 3.94. The fraction of sp³-hybridized carbons (Fsp3) is 0.500. The van der Waals surface area contributed by atoms with Crippen LogP contribution in [0.1, 0.15) is 51.8 Å². The van der Waals surface area contributed by atoms with Crippen LogP contribution >= 0.6 is 0 Å². The normalized spacial score (nSPS) is 12.7. The summed E-state index contributed by atoms with van der Waals surface area (Å²) in [5, 5.41) is 4.27. The highest BCUT2D eigenvalue weighted by atomic mass is 19.1. The summed E-state index contributed by atoms with van der Waals surface area (Å²) in [6.45, 7) is 8.95. The lowest BCUT2D eigenvalue weighted by Crippen LogP contribution is -2.26. The molecule has 0 unspecified atom stereocenters. The standard InChI is InChI=1S/C18H25FN2/c1-17(2,14-6-8-15(19)9-7-14)11-12-18(3,4)16-10-13-20-21(16)5/h6-10,13H,11-12H2,1-5H3. The van der Waals surface area contributed by atoms with Crippen LogP contribution in [0.15, 0.2) is 36.5 Å². The minimum absolute atomic E-state index is 0.0313. The van der Waals surface area contributed by atoms with E-state index in [4.69, 9.17) is 0 Å². The molecule has 0 N–H and O–H groups in total. The van der Waals surface area contributed by atoms with Gasteiger partial charge in [0.25, 0.3) is 0 Å². The Hall–Kier alpha value is -1.64. The van der Waals surface area contributed by atoms with Crippen molar-refractivity contribution in [3.05, 3.63) is 53.6 Å². The van der Waals surface area contributed by atoms with Gasteiger partial charge in [0.05, 0.1) is 0 Å². The first-order valence-electron chi connectivity index (χ1n) is 7.47. The van der Waals surface area contributed by atoms with Crippen molar-refractivity contribution in [3.63, 3.8) is 0 Å². The molecule has 21 heavy (non-hydrogen) atoms. The molecule has 0 aliphatic heterocycles. The molecule has 1 aromatic carbocycles. The van der Waals surface area contributed by atoms with E-state index in [1.54, 1.807) is 12.1 Å². The van der Waals surface area contributed by atoms with E-state index in [-0.39, 0.29) is 16.6 Å². The van der Waals surface area contributed by atoms with Gasteiger partial charge in [0, 0.05) is 24.4 Å². The summed E-state index contributed by atoms with van der Waals surface area (Å²) in [5.41, 5.74) is 2.54. The predicted molar refractivity (Wildman–Crippen MR) is 84.9 cm³/mol. The molecule has 114 valence electrons. The Kier molecular flexibility index (Phi) is 4.22. The second-order valence-electron chi connectivity index (χ2n) is 7.11. The van der Waals surface area contributed by atoms with Gasteiger partial charge in [0.1, 0.15) is 5.82 Å². The third-order valence-corrected chi connectivity index (χ3v) is 4.52. The monoisotopic (exact) mass is 288 g/mol. The van der Waals surface area contributed by atoms with E-state index < -0.39 is 0 Å². The minimum Gasteiger partial charge on any atom is -0.272 e. The maximum Gasteiger partial charge on any atom is 0.123 e. The second-order valence-corrected chi connectivity index (χ2v) is 7.11. The molecule has 0 saturated heterocycles. The smallest absolute Gasteiger partial charge is 0.123 e. The van der Waals surface area contributed by atoms with Crippen molar-refractivity contribution in [1.29, 1.82) is 0 Å². The Labute approximate surface area is 127 Å². The van der Waals surface area contributed by atoms with E-state index in [1.165, 1.54) is 11.3 Å². The van der Waals surface area contributed by atoms with Gasteiger partial charge < -0.3 is 0 Å². The van der Waals surface area contributed by atoms with Crippen molar-refractivity contribution in [2.45, 2.75) is 51.4 Å². The van der Waals surface area contributed by atoms with Gasteiger partial charge >= 0.3 is 0 Å². The molecule has 2 nitrogen and oxygen atoms in total. The number of aryl methyl sites for hydroxylation is 1. The molecule has 1 aromatic heterocycles. The van der Waals surface area contributed by atoms with Gasteiger partial charge in [-0.1, -0.05) is 39.8 Å². The average molecular weight is 288 g/mol. The van der Waals surface area contributed by atoms with Crippen LogP contribution in [0, 0.1) is 5.82 Å². The van der Waals surface area contributed by atoms with Crippen molar-refractivity contribution in [3.8, 4) is 0 Å². The lowest BCUT2D eigenvalue weighted by atomic mass is 9.74. The molecule has 0 bridgehead atoms. The number of aromatic nitrogens is 2. The highest BCUT2D eigenvalue weighted by molar-refractivity contribution is 5.24. The number of benzene rings is 1. The van der Waals surface area contributed by atoms with E-state index in [0.29, 0.717) is 0 Å². The van der Waals surface area contributed by atoms with Crippen LogP contribution in [-0.2, 0) is 17.9 Å². The van der Waals surface area contributed by atoms with Gasteiger partial charge in [-0.05, 0) is 42.0 Å². The first-order chi connectivity index (χ1) is 9.72. The molecule has 2 aromatic rings. The van der Waals surface area contributed by atoms with Gasteiger partial charge in [-0.15, -0.1) is 0 Å². The Morgan fingerprint density at radius 3 is 2.05 bits per heavy atom. The molecular formula is C18H25FN2. The first kappa shape index (κ1) is 15.7. The molecule has 0 spiro atoms. The van der Waals surface area contributed by atoms with Crippen molar-refractivity contribution in [1.82, 2.24) is 9.78 Å². The van der Waals surface area contributed by atoms with Crippen LogP contribution in [-0.4, -0.2) is 9.78 Å². The molecule has 2 rings (SSSR count). The summed E-state index contributed by atoms with van der Waals surface area (Å²) in [6, 6.07) is 8.97. The number of rotatable bonds is 5. The van der Waals surface area contributed by atoms with Gasteiger partial charge in [-0.25, -0.2) is 4.39 Å². The molecule has 0 saturated carbocycles. The van der Waals surface area contributed by atoms with Gasteiger partial charge in [0.2, 0.25) is 0 Å². The Balaban J connectivity index is 2.11. The topological polar surface area (TPSA) is 17.8 Å². The molecule has 3 heteroatoms. The zero-order valence-electron chi connectivity index (χ0n) is 13.7. The molecule has 0 atom stereocenters. The van der Waals surface area contributed by atoms with Crippen LogP contribution in [0.25, 0.3) is 0 Å². The van der Waals surface area contributed by atoms with Crippen molar-refractivity contribution in [2.75, 3.05) is 0 Å². The molecular weight excluding hydrogens is 263 g/mol. The predicted octanol–water partition coefficient (Wildman–Crippen LogP) is 4.59. The summed E-state index contributed by atoms with van der Waals surface area (Å²) in [4.78, 5) is 0. The summed E-state index contributed by atoms with van der Waals surface area (Å²) in [7, 11) is 1.99. The Morgan fingerprint density at radius 2 is 1.52 bits per heavy atom. The lowest BCUT2D eigenvalue weighted by molar-refractivity contribution is 0.359. The van der Waals surface area contributed by atoms with Gasteiger partial charge in [0.15, 0.2) is 0 Å². The number of hydrogen-bond donors (Lipinski definition) is 0. The highest BCUT2D eigenvalue weighted by Crippen LogP contribution is 2.35. The molecule has 0 aliphatic rings. The fourth-order valence-corrected chi connectivity index (χ4v) is 2.84. The maximum atomic E-state index is 13.1. The van der Waals surface area contributed by atoms with Gasteiger partial charge in [-0.2, -0.15) is 5.10 Å². The van der Waals surface area contributed by atoms with Crippen molar-refractivity contribution in [2.24, 2.45) is 7.05 Å². The summed E-state index contributed by atoms with van der Waals surface area (Å²) >= 11 is 0. The minimum atomic E-state index is -0.176. The Morgan fingerprint density at radius 1 is 0.952 bits per heavy atom. The summed E-state index contributed by atoms with van der Waals surface area (Å²) in [5.74, 6) is -0.176. The van der Waals surface area contributed by atoms with E-state index in [9.17, 15) is 4.39 Å². The quantitative estimate of drug-likeness (QED) is 0.786. The van der Waals surface area contributed by atoms with Crippen LogP contribution in [0.2, 0.25) is 0 Å². The third-order valence-electron chi connectivity index (χ3n) is 4.52. The van der Waals surface area contributed by atoms with E-state index in [1.807, 2.05) is 30.1 Å². The molecule has 0 fully saturated rings. The number of hydrogen-bond acceptors (Lipinski definition) is 1. The fourth-order valence-electron chi connectivity index (χ4n) is 2.84. The largest absolute Gasteiger partial charge is 0.272 e. The lowest BCUT2D eigenvalue weighted by Gasteiger charge is -2.31. The molecule has 0 amide bonds. The summed E-state index contributed by atoms with van der Waals surface area (Å²) < 4.78 is 15.0. The highest BCUT2D eigenvalue weighted by Gasteiger charge is 2.28. The van der Waals surface area contributed by atoms with E-state index in [0.717, 1.165) is 12.8 Å². The molecule has 0 radical (unpaired) electrons. The third kappa shape index (κ3) is 3.52. The Bertz CT molecular complexity index is 594. The second kappa shape index (κ2) is 5.63. The van der Waals surface area contributed by atoms with E-state index >= 15 is 0 Å². The zero-order chi connectivity index (χ0) is 15.7. The molecule has 1 heterocycles. The van der Waals surface area contributed by atoms with Crippen LogP contribution in [0.5, 0.6) is 0 Å². The maximum absolute atomic E-state index is 13.1. The SMILES string of the molecule is Cn1nccc1C(C)(C)CCC(C)(C)c1ccc(F)cc1. The van der Waals surface area contributed by atoms with Crippen LogP contribution < -0.4 is 0 Å². The van der Waals surface area contributed by atoms with E-state index in [2.05, 4.69) is 38.9 Å². The average Bonchev–Trinajstić information content (AvgIpc) is 2.84. The number of nitrogens with zero attached hydrogens (tertiary/aromatic N) is 2. The molecule has 0 aliphatic carbocycles. The number of halogens is 1. The van der Waals surface area contributed by atoms with Crippen LogP contribution in [0.3, 0.4) is 0 Å². The van der Waals surface area contributed by atoms with Gasteiger partial charge in [-0.3, -0.25) is 4.68 Å². The first-order valence-corrected chi connectivity index (χ1v) is 7.47. The van der Waals surface area contributed by atoms with Crippen LogP contribution in [0.4, 0.5) is 4.39 Å². The van der Waals surface area contributed by atoms with Crippen molar-refractivity contribution < 1.29 is 4.39 Å². The zero-order valence-corrected chi connectivity index (χ0v) is 13.7.